The van der Waals surface area contributed by atoms with E-state index < -0.39 is 0 Å². The maximum absolute atomic E-state index is 8.55. The number of methoxy groups -OCH3 is 1. The molecular weight excluding hydrogens is 276 g/mol. The Kier molecular flexibility index (Phi) is 5.07. The van der Waals surface area contributed by atoms with Crippen LogP contribution in [0.5, 0.6) is 5.75 Å². The van der Waals surface area contributed by atoms with Crippen LogP contribution in [0.15, 0.2) is 27.8 Å². The number of oxime groups is 1. The van der Waals surface area contributed by atoms with E-state index in [0.29, 0.717) is 29.0 Å². The molecule has 0 aliphatic rings. The molecule has 0 bridgehead atoms. The van der Waals surface area contributed by atoms with Crippen molar-refractivity contribution in [3.05, 3.63) is 28.2 Å². The third-order valence-corrected chi connectivity index (χ3v) is 2.54. The first kappa shape index (κ1) is 12.8. The molecule has 0 unspecified atom stereocenters. The Hall–Kier alpha value is -1.27. The largest absolute Gasteiger partial charge is 0.491 e. The van der Waals surface area contributed by atoms with E-state index in [1.807, 2.05) is 0 Å². The fraction of sp³-hybridized carbons (Fsp3) is 0.300. The maximum Gasteiger partial charge on any atom is 0.171 e. The molecule has 6 heteroatoms. The maximum atomic E-state index is 8.55. The summed E-state index contributed by atoms with van der Waals surface area (Å²) in [6, 6.07) is 5.21. The molecule has 0 saturated carbocycles. The van der Waals surface area contributed by atoms with Gasteiger partial charge in [-0.2, -0.15) is 0 Å². The zero-order valence-electron chi connectivity index (χ0n) is 8.81. The Morgan fingerprint density at radius 3 is 2.81 bits per heavy atom. The zero-order chi connectivity index (χ0) is 12.0. The lowest BCUT2D eigenvalue weighted by molar-refractivity contribution is 0.146. The number of halogens is 1. The molecule has 0 saturated heterocycles. The standard InChI is InChI=1S/C10H13BrN2O3/c1-15-4-5-16-7-2-3-8(9(11)6-7)10(12)13-14/h2-3,6,14H,4-5H2,1H3,(H2,12,13). The van der Waals surface area contributed by atoms with Crippen LogP contribution in [0, 0.1) is 0 Å². The van der Waals surface area contributed by atoms with E-state index in [2.05, 4.69) is 21.1 Å². The molecule has 88 valence electrons. The minimum absolute atomic E-state index is 0.0512. The van der Waals surface area contributed by atoms with Crippen molar-refractivity contribution in [1.82, 2.24) is 0 Å². The molecule has 16 heavy (non-hydrogen) atoms. The number of hydrogen-bond donors (Lipinski definition) is 2. The Morgan fingerprint density at radius 1 is 1.50 bits per heavy atom. The van der Waals surface area contributed by atoms with Gasteiger partial charge in [-0.1, -0.05) is 5.16 Å². The van der Waals surface area contributed by atoms with E-state index >= 15 is 0 Å². The van der Waals surface area contributed by atoms with Crippen LogP contribution in [0.3, 0.4) is 0 Å². The van der Waals surface area contributed by atoms with E-state index in [4.69, 9.17) is 20.4 Å². The number of amidine groups is 1. The number of rotatable bonds is 5. The Labute approximate surface area is 102 Å². The highest BCUT2D eigenvalue weighted by molar-refractivity contribution is 9.10. The second-order valence-electron chi connectivity index (χ2n) is 2.97. The van der Waals surface area contributed by atoms with Crippen LogP contribution in [0.25, 0.3) is 0 Å². The van der Waals surface area contributed by atoms with Gasteiger partial charge in [0.15, 0.2) is 5.84 Å². The summed E-state index contributed by atoms with van der Waals surface area (Å²) in [5.74, 6) is 0.744. The molecule has 0 aliphatic heterocycles. The molecular formula is C10H13BrN2O3. The predicted octanol–water partition coefficient (Wildman–Crippen LogP) is 1.57. The van der Waals surface area contributed by atoms with Gasteiger partial charge in [-0.25, -0.2) is 0 Å². The third kappa shape index (κ3) is 3.39. The fourth-order valence-corrected chi connectivity index (χ4v) is 1.65. The lowest BCUT2D eigenvalue weighted by Crippen LogP contribution is -2.13. The van der Waals surface area contributed by atoms with Gasteiger partial charge in [0.2, 0.25) is 0 Å². The Bertz CT molecular complexity index is 382. The molecule has 0 aliphatic carbocycles. The summed E-state index contributed by atoms with van der Waals surface area (Å²) in [6.07, 6.45) is 0. The number of benzene rings is 1. The van der Waals surface area contributed by atoms with Crippen LogP contribution in [0.1, 0.15) is 5.56 Å². The Morgan fingerprint density at radius 2 is 2.25 bits per heavy atom. The fourth-order valence-electron chi connectivity index (χ4n) is 1.09. The summed E-state index contributed by atoms with van der Waals surface area (Å²) in [4.78, 5) is 0. The van der Waals surface area contributed by atoms with Gasteiger partial charge in [-0.3, -0.25) is 0 Å². The lowest BCUT2D eigenvalue weighted by Gasteiger charge is -2.08. The third-order valence-electron chi connectivity index (χ3n) is 1.88. The summed E-state index contributed by atoms with van der Waals surface area (Å²) < 4.78 is 11.0. The van der Waals surface area contributed by atoms with Crippen molar-refractivity contribution in [2.75, 3.05) is 20.3 Å². The van der Waals surface area contributed by atoms with Crippen molar-refractivity contribution in [3.63, 3.8) is 0 Å². The summed E-state index contributed by atoms with van der Waals surface area (Å²) >= 11 is 3.31. The van der Waals surface area contributed by atoms with Crippen molar-refractivity contribution >= 4 is 21.8 Å². The highest BCUT2D eigenvalue weighted by Gasteiger charge is 2.06. The minimum Gasteiger partial charge on any atom is -0.491 e. The van der Waals surface area contributed by atoms with Gasteiger partial charge in [-0.15, -0.1) is 0 Å². The van der Waals surface area contributed by atoms with Gasteiger partial charge in [0.25, 0.3) is 0 Å². The second-order valence-corrected chi connectivity index (χ2v) is 3.82. The van der Waals surface area contributed by atoms with Gasteiger partial charge in [0.05, 0.1) is 6.61 Å². The first-order chi connectivity index (χ1) is 7.69. The van der Waals surface area contributed by atoms with Gasteiger partial charge < -0.3 is 20.4 Å². The normalized spacial score (nSPS) is 11.5. The highest BCUT2D eigenvalue weighted by Crippen LogP contribution is 2.22. The van der Waals surface area contributed by atoms with Crippen LogP contribution in [-0.2, 0) is 4.74 Å². The molecule has 5 nitrogen and oxygen atoms in total. The van der Waals surface area contributed by atoms with Crippen LogP contribution >= 0.6 is 15.9 Å². The molecule has 1 aromatic carbocycles. The number of ether oxygens (including phenoxy) is 2. The first-order valence-electron chi connectivity index (χ1n) is 4.58. The van der Waals surface area contributed by atoms with Crippen molar-refractivity contribution < 1.29 is 14.7 Å². The quantitative estimate of drug-likeness (QED) is 0.283. The molecule has 0 radical (unpaired) electrons. The molecule has 0 aromatic heterocycles. The van der Waals surface area contributed by atoms with Crippen molar-refractivity contribution in [2.24, 2.45) is 10.9 Å². The van der Waals surface area contributed by atoms with Crippen LogP contribution < -0.4 is 10.5 Å². The van der Waals surface area contributed by atoms with Gasteiger partial charge in [-0.05, 0) is 34.1 Å². The predicted molar refractivity (Wildman–Crippen MR) is 64.0 cm³/mol. The Balaban J connectivity index is 2.75. The molecule has 0 amide bonds. The topological polar surface area (TPSA) is 77.1 Å². The van der Waals surface area contributed by atoms with Crippen LogP contribution in [0.4, 0.5) is 0 Å². The number of hydrogen-bond acceptors (Lipinski definition) is 4. The van der Waals surface area contributed by atoms with E-state index in [1.54, 1.807) is 25.3 Å². The average Bonchev–Trinajstić information content (AvgIpc) is 2.29. The number of nitrogens with two attached hydrogens (primary N) is 1. The summed E-state index contributed by atoms with van der Waals surface area (Å²) in [5.41, 5.74) is 6.09. The second kappa shape index (κ2) is 6.34. The monoisotopic (exact) mass is 288 g/mol. The molecule has 0 heterocycles. The average molecular weight is 289 g/mol. The lowest BCUT2D eigenvalue weighted by atomic mass is 10.2. The molecule has 0 spiro atoms. The summed E-state index contributed by atoms with van der Waals surface area (Å²) in [7, 11) is 1.61. The van der Waals surface area contributed by atoms with Crippen molar-refractivity contribution in [1.29, 1.82) is 0 Å². The van der Waals surface area contributed by atoms with Crippen molar-refractivity contribution in [2.45, 2.75) is 0 Å². The molecule has 1 rings (SSSR count). The van der Waals surface area contributed by atoms with Gasteiger partial charge in [0, 0.05) is 17.1 Å². The van der Waals surface area contributed by atoms with E-state index in [-0.39, 0.29) is 5.84 Å². The molecule has 1 aromatic rings. The summed E-state index contributed by atoms with van der Waals surface area (Å²) in [6.45, 7) is 1.01. The minimum atomic E-state index is 0.0512. The van der Waals surface area contributed by atoms with E-state index in [1.165, 1.54) is 0 Å². The highest BCUT2D eigenvalue weighted by atomic mass is 79.9. The van der Waals surface area contributed by atoms with E-state index in [0.717, 1.165) is 0 Å². The van der Waals surface area contributed by atoms with Gasteiger partial charge >= 0.3 is 0 Å². The SMILES string of the molecule is COCCOc1ccc(/C(N)=N/O)c(Br)c1. The van der Waals surface area contributed by atoms with Crippen LogP contribution in [-0.4, -0.2) is 31.4 Å². The molecule has 0 atom stereocenters. The van der Waals surface area contributed by atoms with Crippen molar-refractivity contribution in [3.8, 4) is 5.75 Å². The first-order valence-corrected chi connectivity index (χ1v) is 5.37. The molecule has 3 N–H and O–H groups in total. The van der Waals surface area contributed by atoms with E-state index in [9.17, 15) is 0 Å². The molecule has 0 fully saturated rings. The summed E-state index contributed by atoms with van der Waals surface area (Å²) in [5, 5.41) is 11.5. The van der Waals surface area contributed by atoms with Crippen LogP contribution in [0.2, 0.25) is 0 Å². The number of nitrogens with zero attached hydrogens (tertiary/aromatic N) is 1. The smallest absolute Gasteiger partial charge is 0.171 e. The zero-order valence-corrected chi connectivity index (χ0v) is 10.4. The van der Waals surface area contributed by atoms with Gasteiger partial charge in [0.1, 0.15) is 12.4 Å².